The highest BCUT2D eigenvalue weighted by Crippen LogP contribution is 2.08. The maximum absolute atomic E-state index is 11.5. The molecular weight excluding hydrogens is 330 g/mol. The molecule has 0 aromatic carbocycles. The van der Waals surface area contributed by atoms with Crippen LogP contribution in [0.3, 0.4) is 0 Å². The van der Waals surface area contributed by atoms with Crippen LogP contribution in [0.15, 0.2) is 18.3 Å². The van der Waals surface area contributed by atoms with Crippen molar-refractivity contribution in [1.82, 2.24) is 19.9 Å². The lowest BCUT2D eigenvalue weighted by Crippen LogP contribution is -2.29. The smallest absolute Gasteiger partial charge is 0.253 e. The van der Waals surface area contributed by atoms with Crippen molar-refractivity contribution in [2.45, 2.75) is 13.1 Å². The molecule has 2 rings (SSSR count). The van der Waals surface area contributed by atoms with E-state index in [1.165, 1.54) is 12.2 Å². The molecule has 25 heavy (non-hydrogen) atoms. The zero-order chi connectivity index (χ0) is 17.9. The van der Waals surface area contributed by atoms with Crippen LogP contribution in [-0.4, -0.2) is 77.9 Å². The van der Waals surface area contributed by atoms with Gasteiger partial charge in [-0.1, -0.05) is 5.21 Å². The summed E-state index contributed by atoms with van der Waals surface area (Å²) in [6.07, 6.45) is 4.17. The second kappa shape index (κ2) is 10.7. The van der Waals surface area contributed by atoms with E-state index in [2.05, 4.69) is 10.3 Å². The maximum Gasteiger partial charge on any atom is 0.253 e. The largest absolute Gasteiger partial charge is 0.378 e. The van der Waals surface area contributed by atoms with Crippen LogP contribution in [-0.2, 0) is 36.9 Å². The first-order valence-corrected chi connectivity index (χ1v) is 8.06. The molecule has 0 unspecified atom stereocenters. The van der Waals surface area contributed by atoms with E-state index in [4.69, 9.17) is 19.9 Å². The SMILES string of the molecule is NCCOCCOCCOCCn1cc(CN2C(=O)C=CC2=O)nn1. The van der Waals surface area contributed by atoms with Crippen LogP contribution in [0.4, 0.5) is 0 Å². The van der Waals surface area contributed by atoms with Gasteiger partial charge in [0.2, 0.25) is 0 Å². The van der Waals surface area contributed by atoms with Crippen LogP contribution >= 0.6 is 0 Å². The lowest BCUT2D eigenvalue weighted by atomic mass is 10.4. The van der Waals surface area contributed by atoms with Gasteiger partial charge in [-0.3, -0.25) is 14.5 Å². The van der Waals surface area contributed by atoms with Crippen LogP contribution in [0.2, 0.25) is 0 Å². The van der Waals surface area contributed by atoms with E-state index >= 15 is 0 Å². The minimum absolute atomic E-state index is 0.117. The molecule has 0 saturated heterocycles. The van der Waals surface area contributed by atoms with Gasteiger partial charge in [-0.05, 0) is 0 Å². The zero-order valence-corrected chi connectivity index (χ0v) is 14.0. The van der Waals surface area contributed by atoms with E-state index in [9.17, 15) is 9.59 Å². The second-order valence-electron chi connectivity index (χ2n) is 5.19. The number of nitrogens with zero attached hydrogens (tertiary/aromatic N) is 4. The van der Waals surface area contributed by atoms with Gasteiger partial charge in [-0.15, -0.1) is 5.10 Å². The zero-order valence-electron chi connectivity index (χ0n) is 14.0. The van der Waals surface area contributed by atoms with Crippen molar-refractivity contribution in [3.63, 3.8) is 0 Å². The topological polar surface area (TPSA) is 122 Å². The van der Waals surface area contributed by atoms with Gasteiger partial charge in [0.15, 0.2) is 0 Å². The fraction of sp³-hybridized carbons (Fsp3) is 0.600. The van der Waals surface area contributed by atoms with Crippen LogP contribution in [0.5, 0.6) is 0 Å². The number of rotatable bonds is 13. The van der Waals surface area contributed by atoms with Gasteiger partial charge in [-0.25, -0.2) is 4.68 Å². The fourth-order valence-electron chi connectivity index (χ4n) is 2.05. The van der Waals surface area contributed by atoms with Crippen molar-refractivity contribution in [3.8, 4) is 0 Å². The molecule has 2 heterocycles. The number of aromatic nitrogens is 3. The normalized spacial score (nSPS) is 14.0. The monoisotopic (exact) mass is 353 g/mol. The average Bonchev–Trinajstić information content (AvgIpc) is 3.18. The average molecular weight is 353 g/mol. The van der Waals surface area contributed by atoms with Gasteiger partial charge in [0.1, 0.15) is 5.69 Å². The molecule has 0 saturated carbocycles. The summed E-state index contributed by atoms with van der Waals surface area (Å²) in [5, 5.41) is 7.89. The number of amides is 2. The molecule has 0 bridgehead atoms. The Morgan fingerprint density at radius 2 is 1.52 bits per heavy atom. The third kappa shape index (κ3) is 6.70. The Morgan fingerprint density at radius 3 is 2.16 bits per heavy atom. The third-order valence-corrected chi connectivity index (χ3v) is 3.28. The summed E-state index contributed by atoms with van der Waals surface area (Å²) < 4.78 is 17.5. The summed E-state index contributed by atoms with van der Waals surface area (Å²) in [5.74, 6) is -0.673. The minimum Gasteiger partial charge on any atom is -0.378 e. The molecule has 0 atom stereocenters. The molecule has 0 spiro atoms. The Kier molecular flexibility index (Phi) is 8.19. The maximum atomic E-state index is 11.5. The quantitative estimate of drug-likeness (QED) is 0.343. The van der Waals surface area contributed by atoms with Crippen molar-refractivity contribution in [3.05, 3.63) is 24.0 Å². The number of carbonyl (C=O) groups excluding carboxylic acids is 2. The summed E-state index contributed by atoms with van der Waals surface area (Å²) in [6, 6.07) is 0. The molecule has 138 valence electrons. The molecule has 1 aliphatic heterocycles. The van der Waals surface area contributed by atoms with Crippen LogP contribution in [0, 0.1) is 0 Å². The number of ether oxygens (including phenoxy) is 3. The molecule has 0 radical (unpaired) electrons. The molecule has 1 aliphatic rings. The Balaban J connectivity index is 1.53. The van der Waals surface area contributed by atoms with E-state index in [1.807, 2.05) is 0 Å². The molecule has 2 N–H and O–H groups in total. The highest BCUT2D eigenvalue weighted by Gasteiger charge is 2.24. The Labute approximate surface area is 145 Å². The van der Waals surface area contributed by atoms with Gasteiger partial charge in [0.25, 0.3) is 11.8 Å². The molecule has 10 heteroatoms. The van der Waals surface area contributed by atoms with Crippen LogP contribution in [0.25, 0.3) is 0 Å². The summed E-state index contributed by atoms with van der Waals surface area (Å²) in [7, 11) is 0. The molecular formula is C15H23N5O5. The number of carbonyl (C=O) groups is 2. The molecule has 0 aliphatic carbocycles. The van der Waals surface area contributed by atoms with Gasteiger partial charge < -0.3 is 19.9 Å². The van der Waals surface area contributed by atoms with E-state index in [-0.39, 0.29) is 18.4 Å². The van der Waals surface area contributed by atoms with E-state index in [0.29, 0.717) is 58.4 Å². The highest BCUT2D eigenvalue weighted by atomic mass is 16.5. The Bertz CT molecular complexity index is 571. The first-order chi connectivity index (χ1) is 12.2. The lowest BCUT2D eigenvalue weighted by Gasteiger charge is -2.10. The molecule has 10 nitrogen and oxygen atoms in total. The van der Waals surface area contributed by atoms with Crippen molar-refractivity contribution < 1.29 is 23.8 Å². The van der Waals surface area contributed by atoms with Crippen LogP contribution < -0.4 is 5.73 Å². The standard InChI is InChI=1S/C15H23N5O5/c16-3-5-23-7-9-25-10-8-24-6-4-19-11-13(17-18-19)12-20-14(21)1-2-15(20)22/h1-2,11H,3-10,12,16H2. The van der Waals surface area contributed by atoms with Gasteiger partial charge in [0.05, 0.1) is 58.9 Å². The van der Waals surface area contributed by atoms with Crippen LogP contribution in [0.1, 0.15) is 5.69 Å². The molecule has 2 amide bonds. The first kappa shape index (κ1) is 19.2. The lowest BCUT2D eigenvalue weighted by molar-refractivity contribution is -0.137. The van der Waals surface area contributed by atoms with E-state index < -0.39 is 0 Å². The fourth-order valence-corrected chi connectivity index (χ4v) is 2.05. The minimum atomic E-state index is -0.337. The Hall–Kier alpha value is -2.14. The number of hydrogen-bond donors (Lipinski definition) is 1. The molecule has 1 aromatic rings. The van der Waals surface area contributed by atoms with Crippen molar-refractivity contribution in [1.29, 1.82) is 0 Å². The first-order valence-electron chi connectivity index (χ1n) is 8.06. The summed E-state index contributed by atoms with van der Waals surface area (Å²) >= 11 is 0. The molecule has 0 fully saturated rings. The van der Waals surface area contributed by atoms with Gasteiger partial charge in [0, 0.05) is 18.7 Å². The number of imide groups is 1. The highest BCUT2D eigenvalue weighted by molar-refractivity contribution is 6.12. The summed E-state index contributed by atoms with van der Waals surface area (Å²) in [5.41, 5.74) is 5.84. The Morgan fingerprint density at radius 1 is 0.920 bits per heavy atom. The van der Waals surface area contributed by atoms with Gasteiger partial charge in [-0.2, -0.15) is 0 Å². The number of hydrogen-bond acceptors (Lipinski definition) is 8. The summed E-state index contributed by atoms with van der Waals surface area (Å²) in [4.78, 5) is 24.1. The van der Waals surface area contributed by atoms with E-state index in [1.54, 1.807) is 10.9 Å². The predicted molar refractivity (Wildman–Crippen MR) is 86.2 cm³/mol. The van der Waals surface area contributed by atoms with Crippen molar-refractivity contribution in [2.24, 2.45) is 5.73 Å². The van der Waals surface area contributed by atoms with Crippen molar-refractivity contribution in [2.75, 3.05) is 46.2 Å². The number of nitrogens with two attached hydrogens (primary N) is 1. The predicted octanol–water partition coefficient (Wildman–Crippen LogP) is -1.29. The van der Waals surface area contributed by atoms with Crippen molar-refractivity contribution >= 4 is 11.8 Å². The third-order valence-electron chi connectivity index (χ3n) is 3.28. The van der Waals surface area contributed by atoms with E-state index in [0.717, 1.165) is 4.90 Å². The molecule has 1 aromatic heterocycles. The van der Waals surface area contributed by atoms with Gasteiger partial charge >= 0.3 is 0 Å². The summed E-state index contributed by atoms with van der Waals surface area (Å²) in [6.45, 7) is 4.14. The second-order valence-corrected chi connectivity index (χ2v) is 5.19.